The number of nitrogens with one attached hydrogen (secondary N) is 1. The highest BCUT2D eigenvalue weighted by Gasteiger charge is 2.28. The molecule has 0 heterocycles. The van der Waals surface area contributed by atoms with Gasteiger partial charge in [-0.2, -0.15) is 0 Å². The van der Waals surface area contributed by atoms with Gasteiger partial charge in [-0.1, -0.05) is 48.3 Å². The molecule has 0 fully saturated rings. The Labute approximate surface area is 198 Å². The van der Waals surface area contributed by atoms with Crippen molar-refractivity contribution in [3.05, 3.63) is 63.6 Å². The Morgan fingerprint density at radius 3 is 2.58 bits per heavy atom. The molecule has 0 saturated heterocycles. The number of rotatable bonds is 11. The summed E-state index contributed by atoms with van der Waals surface area (Å²) in [6, 6.07) is 12.3. The molecule has 1 unspecified atom stereocenters. The van der Waals surface area contributed by atoms with Crippen LogP contribution in [0, 0.1) is 0 Å². The molecule has 0 radical (unpaired) electrons. The summed E-state index contributed by atoms with van der Waals surface area (Å²) in [4.78, 5) is 27.5. The highest BCUT2D eigenvalue weighted by molar-refractivity contribution is 7.99. The molecule has 2 amide bonds. The van der Waals surface area contributed by atoms with Crippen molar-refractivity contribution in [1.82, 2.24) is 10.2 Å². The van der Waals surface area contributed by atoms with E-state index in [2.05, 4.69) is 5.32 Å². The van der Waals surface area contributed by atoms with E-state index in [1.54, 1.807) is 24.1 Å². The Hall–Kier alpha value is -1.89. The van der Waals surface area contributed by atoms with Crippen molar-refractivity contribution in [2.24, 2.45) is 0 Å². The fourth-order valence-electron chi connectivity index (χ4n) is 3.15. The van der Waals surface area contributed by atoms with Crippen molar-refractivity contribution in [1.29, 1.82) is 0 Å². The van der Waals surface area contributed by atoms with Crippen LogP contribution in [0.4, 0.5) is 0 Å². The molecular formula is C23H28Cl2N2O3S. The summed E-state index contributed by atoms with van der Waals surface area (Å²) in [6.07, 6.45) is 0.523. The minimum Gasteiger partial charge on any atom is -0.497 e. The molecule has 0 saturated carbocycles. The topological polar surface area (TPSA) is 58.6 Å². The van der Waals surface area contributed by atoms with Gasteiger partial charge in [0, 0.05) is 28.9 Å². The van der Waals surface area contributed by atoms with E-state index in [1.807, 2.05) is 44.2 Å². The molecule has 2 rings (SSSR count). The van der Waals surface area contributed by atoms with Gasteiger partial charge in [0.2, 0.25) is 11.8 Å². The minimum absolute atomic E-state index is 0.101. The van der Waals surface area contributed by atoms with Crippen LogP contribution in [-0.2, 0) is 21.9 Å². The zero-order valence-electron chi connectivity index (χ0n) is 18.0. The maximum Gasteiger partial charge on any atom is 0.242 e. The van der Waals surface area contributed by atoms with E-state index in [9.17, 15) is 9.59 Å². The lowest BCUT2D eigenvalue weighted by Gasteiger charge is -2.30. The van der Waals surface area contributed by atoms with Crippen LogP contribution in [0.3, 0.4) is 0 Å². The van der Waals surface area contributed by atoms with E-state index >= 15 is 0 Å². The van der Waals surface area contributed by atoms with Crippen molar-refractivity contribution in [2.45, 2.75) is 38.6 Å². The Bertz CT molecular complexity index is 895. The van der Waals surface area contributed by atoms with Crippen molar-refractivity contribution in [2.75, 3.05) is 19.4 Å². The molecule has 0 spiro atoms. The number of carbonyl (C=O) groups is 2. The summed E-state index contributed by atoms with van der Waals surface area (Å²) in [5.41, 5.74) is 1.82. The summed E-state index contributed by atoms with van der Waals surface area (Å²) in [7, 11) is 1.60. The third kappa shape index (κ3) is 7.63. The van der Waals surface area contributed by atoms with Crippen LogP contribution in [-0.4, -0.2) is 42.2 Å². The fraction of sp³-hybridized carbons (Fsp3) is 0.391. The Morgan fingerprint density at radius 1 is 1.16 bits per heavy atom. The second-order valence-corrected chi connectivity index (χ2v) is 8.75. The van der Waals surface area contributed by atoms with Crippen LogP contribution in [0.15, 0.2) is 42.5 Å². The Balaban J connectivity index is 2.15. The first-order valence-electron chi connectivity index (χ1n) is 10.1. The van der Waals surface area contributed by atoms with Gasteiger partial charge < -0.3 is 15.0 Å². The number of carbonyl (C=O) groups excluding carboxylic acids is 2. The van der Waals surface area contributed by atoms with Gasteiger partial charge >= 0.3 is 0 Å². The Morgan fingerprint density at radius 2 is 1.94 bits per heavy atom. The van der Waals surface area contributed by atoms with Gasteiger partial charge in [0.05, 0.1) is 12.9 Å². The maximum atomic E-state index is 13.2. The van der Waals surface area contributed by atoms with Gasteiger partial charge in [-0.15, -0.1) is 11.8 Å². The number of halogens is 2. The first-order valence-corrected chi connectivity index (χ1v) is 12.0. The van der Waals surface area contributed by atoms with Gasteiger partial charge in [-0.3, -0.25) is 9.59 Å². The van der Waals surface area contributed by atoms with E-state index in [4.69, 9.17) is 27.9 Å². The molecule has 31 heavy (non-hydrogen) atoms. The summed E-state index contributed by atoms with van der Waals surface area (Å²) >= 11 is 13.6. The monoisotopic (exact) mass is 482 g/mol. The van der Waals surface area contributed by atoms with Crippen LogP contribution in [0.5, 0.6) is 5.75 Å². The van der Waals surface area contributed by atoms with Crippen LogP contribution < -0.4 is 10.1 Å². The highest BCUT2D eigenvalue weighted by Crippen LogP contribution is 2.25. The van der Waals surface area contributed by atoms with Gasteiger partial charge in [0.25, 0.3) is 0 Å². The third-order valence-electron chi connectivity index (χ3n) is 4.72. The lowest BCUT2D eigenvalue weighted by molar-refractivity contribution is -0.139. The smallest absolute Gasteiger partial charge is 0.242 e. The highest BCUT2D eigenvalue weighted by atomic mass is 35.5. The number of hydrogen-bond acceptors (Lipinski definition) is 4. The normalized spacial score (nSPS) is 11.6. The maximum absolute atomic E-state index is 13.2. The van der Waals surface area contributed by atoms with Crippen molar-refractivity contribution in [3.63, 3.8) is 0 Å². The molecule has 0 aromatic heterocycles. The van der Waals surface area contributed by atoms with Gasteiger partial charge in [-0.05, 0) is 48.7 Å². The first-order chi connectivity index (χ1) is 14.9. The lowest BCUT2D eigenvalue weighted by Crippen LogP contribution is -2.49. The zero-order chi connectivity index (χ0) is 22.8. The molecule has 1 N–H and O–H groups in total. The predicted molar refractivity (Wildman–Crippen MR) is 129 cm³/mol. The first kappa shape index (κ1) is 25.4. The van der Waals surface area contributed by atoms with E-state index < -0.39 is 6.04 Å². The lowest BCUT2D eigenvalue weighted by atomic mass is 10.1. The minimum atomic E-state index is -0.543. The Kier molecular flexibility index (Phi) is 10.5. The molecule has 0 aliphatic carbocycles. The molecule has 0 aliphatic heterocycles. The third-order valence-corrected chi connectivity index (χ3v) is 6.28. The zero-order valence-corrected chi connectivity index (χ0v) is 20.3. The fourth-order valence-corrected chi connectivity index (χ4v) is 4.62. The predicted octanol–water partition coefficient (Wildman–Crippen LogP) is 5.18. The number of amides is 2. The second-order valence-electron chi connectivity index (χ2n) is 6.92. The average Bonchev–Trinajstić information content (AvgIpc) is 2.75. The number of ether oxygens (including phenoxy) is 1. The molecule has 0 aliphatic rings. The summed E-state index contributed by atoms with van der Waals surface area (Å²) in [5.74, 6) is 1.27. The number of nitrogens with zero attached hydrogens (tertiary/aromatic N) is 1. The summed E-state index contributed by atoms with van der Waals surface area (Å²) in [6.45, 7) is 4.62. The number of hydrogen-bond donors (Lipinski definition) is 1. The second kappa shape index (κ2) is 12.8. The average molecular weight is 483 g/mol. The standard InChI is InChI=1S/C23H28Cl2N2O3S/c1-4-21(23(29)26-5-2)27(13-16-7-6-8-19(11-16)30-3)22(28)15-31-14-17-9-10-18(24)12-20(17)25/h6-12,21H,4-5,13-15H2,1-3H3,(H,26,29). The summed E-state index contributed by atoms with van der Waals surface area (Å²) < 4.78 is 5.29. The van der Waals surface area contributed by atoms with Crippen LogP contribution >= 0.6 is 35.0 Å². The van der Waals surface area contributed by atoms with E-state index in [1.165, 1.54) is 11.8 Å². The molecule has 8 heteroatoms. The number of methoxy groups -OCH3 is 1. The summed E-state index contributed by atoms with van der Waals surface area (Å²) in [5, 5.41) is 3.99. The molecule has 2 aromatic rings. The number of benzene rings is 2. The van der Waals surface area contributed by atoms with Crippen molar-refractivity contribution >= 4 is 46.8 Å². The van der Waals surface area contributed by atoms with Crippen molar-refractivity contribution < 1.29 is 14.3 Å². The molecule has 5 nitrogen and oxygen atoms in total. The van der Waals surface area contributed by atoms with Crippen LogP contribution in [0.25, 0.3) is 0 Å². The van der Waals surface area contributed by atoms with Gasteiger partial charge in [0.1, 0.15) is 11.8 Å². The SMILES string of the molecule is CCNC(=O)C(CC)N(Cc1cccc(OC)c1)C(=O)CSCc1ccc(Cl)cc1Cl. The van der Waals surface area contributed by atoms with E-state index in [-0.39, 0.29) is 17.6 Å². The quantitative estimate of drug-likeness (QED) is 0.479. The molecule has 0 bridgehead atoms. The van der Waals surface area contributed by atoms with Crippen LogP contribution in [0.1, 0.15) is 31.4 Å². The largest absolute Gasteiger partial charge is 0.497 e. The van der Waals surface area contributed by atoms with Gasteiger partial charge in [0.15, 0.2) is 0 Å². The molecular weight excluding hydrogens is 455 g/mol. The molecule has 168 valence electrons. The molecule has 1 atom stereocenters. The number of thioether (sulfide) groups is 1. The van der Waals surface area contributed by atoms with E-state index in [0.717, 1.165) is 11.1 Å². The van der Waals surface area contributed by atoms with Crippen LogP contribution in [0.2, 0.25) is 10.0 Å². The molecule has 2 aromatic carbocycles. The van der Waals surface area contributed by atoms with Gasteiger partial charge in [-0.25, -0.2) is 0 Å². The van der Waals surface area contributed by atoms with Crippen molar-refractivity contribution in [3.8, 4) is 5.75 Å². The number of likely N-dealkylation sites (N-methyl/N-ethyl adjacent to an activating group) is 1. The van der Waals surface area contributed by atoms with E-state index in [0.29, 0.717) is 41.1 Å².